The van der Waals surface area contributed by atoms with E-state index >= 15 is 0 Å². The Morgan fingerprint density at radius 1 is 1.20 bits per heavy atom. The second kappa shape index (κ2) is 4.73. The Morgan fingerprint density at radius 3 is 2.60 bits per heavy atom. The molecule has 7 nitrogen and oxygen atoms in total. The predicted octanol–water partition coefficient (Wildman–Crippen LogP) is 2.65. The van der Waals surface area contributed by atoms with E-state index in [4.69, 9.17) is 21.1 Å². The largest absolute Gasteiger partial charge is 0.507 e. The van der Waals surface area contributed by atoms with E-state index in [9.17, 15) is 24.6 Å². The number of fused-ring (bicyclic) bond motifs is 3. The van der Waals surface area contributed by atoms with Gasteiger partial charge in [0.1, 0.15) is 17.1 Å². The number of hydrogen-bond acceptors (Lipinski definition) is 6. The van der Waals surface area contributed by atoms with Gasteiger partial charge in [0.05, 0.1) is 21.7 Å². The summed E-state index contributed by atoms with van der Waals surface area (Å²) in [6, 6.07) is 5.32. The van der Waals surface area contributed by atoms with Gasteiger partial charge < -0.3 is 19.7 Å². The highest BCUT2D eigenvalue weighted by Crippen LogP contribution is 2.52. The first-order chi connectivity index (χ1) is 11.8. The minimum atomic E-state index is -2.24. The second-order valence-electron chi connectivity index (χ2n) is 5.70. The number of phenolic OH excluding ortho intramolecular Hbond substituents is 1. The molecule has 0 unspecified atom stereocenters. The van der Waals surface area contributed by atoms with Crippen molar-refractivity contribution in [2.24, 2.45) is 0 Å². The van der Waals surface area contributed by atoms with E-state index < -0.39 is 29.3 Å². The minimum Gasteiger partial charge on any atom is -0.507 e. The second-order valence-corrected chi connectivity index (χ2v) is 6.08. The Bertz CT molecular complexity index is 1010. The van der Waals surface area contributed by atoms with Crippen molar-refractivity contribution in [3.8, 4) is 11.5 Å². The van der Waals surface area contributed by atoms with Crippen molar-refractivity contribution < 1.29 is 34.1 Å². The van der Waals surface area contributed by atoms with Crippen LogP contribution in [-0.4, -0.2) is 27.9 Å². The maximum Gasteiger partial charge on any atom is 0.349 e. The highest BCUT2D eigenvalue weighted by atomic mass is 35.5. The molecule has 0 saturated carbocycles. The zero-order chi connectivity index (χ0) is 18.1. The summed E-state index contributed by atoms with van der Waals surface area (Å²) in [7, 11) is 0. The van der Waals surface area contributed by atoms with E-state index in [2.05, 4.69) is 0 Å². The van der Waals surface area contributed by atoms with Gasteiger partial charge in [-0.15, -0.1) is 0 Å². The fourth-order valence-corrected chi connectivity index (χ4v) is 3.42. The fourth-order valence-electron chi connectivity index (χ4n) is 3.15. The normalized spacial score (nSPS) is 20.2. The van der Waals surface area contributed by atoms with E-state index in [0.29, 0.717) is 5.56 Å². The molecule has 8 heteroatoms. The van der Waals surface area contributed by atoms with Gasteiger partial charge >= 0.3 is 17.7 Å². The molecule has 0 radical (unpaired) electrons. The number of carbonyl (C=O) groups excluding carboxylic acids is 2. The van der Waals surface area contributed by atoms with Gasteiger partial charge in [0.25, 0.3) is 5.78 Å². The van der Waals surface area contributed by atoms with Crippen molar-refractivity contribution in [3.63, 3.8) is 0 Å². The number of benzene rings is 2. The average molecular weight is 361 g/mol. The number of aromatic carboxylic acids is 1. The van der Waals surface area contributed by atoms with Crippen LogP contribution in [-0.2, 0) is 10.5 Å². The fraction of sp³-hybridized carbons (Fsp3) is 0.118. The highest BCUT2D eigenvalue weighted by Gasteiger charge is 2.62. The summed E-state index contributed by atoms with van der Waals surface area (Å²) in [6.07, 6.45) is 0. The monoisotopic (exact) mass is 360 g/mol. The van der Waals surface area contributed by atoms with Crippen molar-refractivity contribution in [2.75, 3.05) is 0 Å². The summed E-state index contributed by atoms with van der Waals surface area (Å²) in [5.41, 5.74) is -0.478. The van der Waals surface area contributed by atoms with Crippen LogP contribution in [0.4, 0.5) is 0 Å². The lowest BCUT2D eigenvalue weighted by molar-refractivity contribution is -0.0978. The molecule has 1 spiro atoms. The zero-order valence-corrected chi connectivity index (χ0v) is 13.4. The first-order valence-corrected chi connectivity index (χ1v) is 7.51. The van der Waals surface area contributed by atoms with Crippen molar-refractivity contribution in [3.05, 3.63) is 57.1 Å². The number of carboxylic acids is 1. The van der Waals surface area contributed by atoms with Crippen LogP contribution in [0.5, 0.6) is 11.5 Å². The number of Topliss-reactive ketones (excluding diaryl/α,β-unsaturated/α-hetero) is 1. The molecule has 0 saturated heterocycles. The molecular weight excluding hydrogens is 352 g/mol. The Labute approximate surface area is 145 Å². The molecule has 2 aliphatic rings. The van der Waals surface area contributed by atoms with Crippen LogP contribution in [0.15, 0.2) is 24.3 Å². The number of carboxylic acid groups (broad SMARTS) is 1. The molecule has 2 heterocycles. The number of aromatic hydroxyl groups is 1. The summed E-state index contributed by atoms with van der Waals surface area (Å²) >= 11 is 6.26. The van der Waals surface area contributed by atoms with E-state index in [1.807, 2.05) is 0 Å². The molecule has 2 aromatic rings. The molecule has 1 atom stereocenters. The van der Waals surface area contributed by atoms with Crippen LogP contribution >= 0.6 is 11.6 Å². The van der Waals surface area contributed by atoms with Gasteiger partial charge in [-0.3, -0.25) is 4.79 Å². The van der Waals surface area contributed by atoms with Gasteiger partial charge in [-0.2, -0.15) is 0 Å². The lowest BCUT2D eigenvalue weighted by Gasteiger charge is -2.22. The van der Waals surface area contributed by atoms with E-state index in [1.54, 1.807) is 6.92 Å². The number of ketones is 1. The number of hydrogen-bond donors (Lipinski definition) is 2. The average Bonchev–Trinajstić information content (AvgIpc) is 3.00. The van der Waals surface area contributed by atoms with Crippen molar-refractivity contribution in [1.82, 2.24) is 0 Å². The first-order valence-electron chi connectivity index (χ1n) is 7.14. The summed E-state index contributed by atoms with van der Waals surface area (Å²) < 4.78 is 10.8. The molecule has 2 N–H and O–H groups in total. The van der Waals surface area contributed by atoms with Crippen molar-refractivity contribution in [1.29, 1.82) is 0 Å². The Balaban J connectivity index is 2.03. The standard InChI is InChI=1S/C17H9ClO7/c1-6-5-8(19)11-12(13(6)18)17(25-16(11)23)14(20)10-7(15(21)22)3-2-4-9(10)24-17/h2-5,19H,1H3,(H,21,22)/t17-/m0/s1. The van der Waals surface area contributed by atoms with Crippen LogP contribution in [0, 0.1) is 6.92 Å². The number of phenols is 1. The molecule has 126 valence electrons. The topological polar surface area (TPSA) is 110 Å². The van der Waals surface area contributed by atoms with Gasteiger partial charge in [0.15, 0.2) is 0 Å². The number of ether oxygens (including phenoxy) is 2. The molecule has 0 fully saturated rings. The number of rotatable bonds is 1. The van der Waals surface area contributed by atoms with Crippen LogP contribution in [0.25, 0.3) is 0 Å². The van der Waals surface area contributed by atoms with Crippen LogP contribution in [0.2, 0.25) is 5.02 Å². The molecule has 0 aliphatic carbocycles. The Kier molecular flexibility index (Phi) is 2.93. The number of carbonyl (C=O) groups is 3. The molecule has 2 aromatic carbocycles. The Hall–Kier alpha value is -3.06. The predicted molar refractivity (Wildman–Crippen MR) is 83.3 cm³/mol. The molecule has 0 amide bonds. The summed E-state index contributed by atoms with van der Waals surface area (Å²) in [5, 5.41) is 19.4. The van der Waals surface area contributed by atoms with Gasteiger partial charge in [-0.05, 0) is 30.7 Å². The van der Waals surface area contributed by atoms with Gasteiger partial charge in [-0.25, -0.2) is 9.59 Å². The highest BCUT2D eigenvalue weighted by molar-refractivity contribution is 6.34. The zero-order valence-electron chi connectivity index (χ0n) is 12.6. The Morgan fingerprint density at radius 2 is 1.92 bits per heavy atom. The molecule has 0 bridgehead atoms. The third-order valence-corrected chi connectivity index (χ3v) is 4.72. The van der Waals surface area contributed by atoms with E-state index in [0.717, 1.165) is 0 Å². The molecular formula is C17H9ClO7. The van der Waals surface area contributed by atoms with E-state index in [-0.39, 0.29) is 33.0 Å². The molecule has 0 aromatic heterocycles. The number of halogens is 1. The number of aryl methyl sites for hydroxylation is 1. The smallest absolute Gasteiger partial charge is 0.349 e. The van der Waals surface area contributed by atoms with Crippen molar-refractivity contribution >= 4 is 29.3 Å². The SMILES string of the molecule is Cc1cc(O)c2c(c1Cl)[C@@]1(OC2=O)Oc2cccc(C(=O)O)c2C1=O. The lowest BCUT2D eigenvalue weighted by atomic mass is 9.92. The summed E-state index contributed by atoms with van der Waals surface area (Å²) in [4.78, 5) is 36.7. The van der Waals surface area contributed by atoms with E-state index in [1.165, 1.54) is 24.3 Å². The van der Waals surface area contributed by atoms with Gasteiger partial charge in [0, 0.05) is 0 Å². The summed E-state index contributed by atoms with van der Waals surface area (Å²) in [5.74, 6) is -5.84. The molecule has 25 heavy (non-hydrogen) atoms. The number of esters is 1. The van der Waals surface area contributed by atoms with Gasteiger partial charge in [-0.1, -0.05) is 17.7 Å². The maximum absolute atomic E-state index is 13.0. The molecule has 4 rings (SSSR count). The van der Waals surface area contributed by atoms with Crippen LogP contribution < -0.4 is 4.74 Å². The van der Waals surface area contributed by atoms with Gasteiger partial charge in [0.2, 0.25) is 0 Å². The third-order valence-electron chi connectivity index (χ3n) is 4.23. The van der Waals surface area contributed by atoms with Crippen LogP contribution in [0.3, 0.4) is 0 Å². The maximum atomic E-state index is 13.0. The minimum absolute atomic E-state index is 0.0247. The van der Waals surface area contributed by atoms with Crippen LogP contribution in [0.1, 0.15) is 42.2 Å². The molecule has 2 aliphatic heterocycles. The van der Waals surface area contributed by atoms with Crippen molar-refractivity contribution in [2.45, 2.75) is 12.7 Å². The first kappa shape index (κ1) is 15.5. The lowest BCUT2D eigenvalue weighted by Crippen LogP contribution is -2.37. The quantitative estimate of drug-likeness (QED) is 0.752. The summed E-state index contributed by atoms with van der Waals surface area (Å²) in [6.45, 7) is 1.58. The third kappa shape index (κ3) is 1.78.